The molecule has 1 aromatic rings. The maximum atomic E-state index is 12.4. The number of likely N-dealkylation sites (tertiary alicyclic amines) is 1. The molecule has 142 valence electrons. The Bertz CT molecular complexity index is 701. The third-order valence-corrected chi connectivity index (χ3v) is 4.41. The number of methoxy groups -OCH3 is 2. The van der Waals surface area contributed by atoms with Crippen molar-refractivity contribution in [3.63, 3.8) is 0 Å². The van der Waals surface area contributed by atoms with Gasteiger partial charge in [0.2, 0.25) is 11.8 Å². The van der Waals surface area contributed by atoms with Crippen LogP contribution in [0.15, 0.2) is 12.1 Å². The topological polar surface area (TPSA) is 84.9 Å². The molecule has 0 aromatic heterocycles. The summed E-state index contributed by atoms with van der Waals surface area (Å²) < 4.78 is 10.5. The standard InChI is InChI=1S/C19H26N2O5/c1-5-6-21-11-14(9-19(21)24)20-18(23)8-13-7-16(25-3)17(26-4)10-15(13)12(2)22/h7,10,14H,5-6,8-9,11H2,1-4H3,(H,20,23)/t14-/m1/s1. The van der Waals surface area contributed by atoms with Gasteiger partial charge in [0.25, 0.3) is 0 Å². The molecule has 0 saturated carbocycles. The van der Waals surface area contributed by atoms with Crippen molar-refractivity contribution in [3.05, 3.63) is 23.3 Å². The minimum Gasteiger partial charge on any atom is -0.493 e. The molecule has 0 bridgehead atoms. The van der Waals surface area contributed by atoms with E-state index < -0.39 is 0 Å². The number of rotatable bonds is 8. The molecule has 0 spiro atoms. The molecule has 1 atom stereocenters. The van der Waals surface area contributed by atoms with Gasteiger partial charge in [-0.2, -0.15) is 0 Å². The average molecular weight is 362 g/mol. The minimum absolute atomic E-state index is 0.0355. The van der Waals surface area contributed by atoms with Crippen molar-refractivity contribution < 1.29 is 23.9 Å². The van der Waals surface area contributed by atoms with Crippen LogP contribution in [0.3, 0.4) is 0 Å². The Hall–Kier alpha value is -2.57. The van der Waals surface area contributed by atoms with Crippen molar-refractivity contribution in [2.45, 2.75) is 39.2 Å². The van der Waals surface area contributed by atoms with E-state index in [2.05, 4.69) is 5.32 Å². The molecule has 1 aromatic carbocycles. The van der Waals surface area contributed by atoms with E-state index in [0.29, 0.717) is 42.1 Å². The number of benzene rings is 1. The Morgan fingerprint density at radius 2 is 1.88 bits per heavy atom. The first-order chi connectivity index (χ1) is 12.4. The molecule has 26 heavy (non-hydrogen) atoms. The second-order valence-electron chi connectivity index (χ2n) is 6.41. The van der Waals surface area contributed by atoms with Crippen molar-refractivity contribution in [2.75, 3.05) is 27.3 Å². The zero-order valence-electron chi connectivity index (χ0n) is 15.8. The predicted molar refractivity (Wildman–Crippen MR) is 96.7 cm³/mol. The molecular formula is C19H26N2O5. The van der Waals surface area contributed by atoms with Crippen LogP contribution in [-0.2, 0) is 16.0 Å². The molecule has 2 amide bonds. The van der Waals surface area contributed by atoms with Gasteiger partial charge in [0.15, 0.2) is 17.3 Å². The quantitative estimate of drug-likeness (QED) is 0.710. The maximum Gasteiger partial charge on any atom is 0.224 e. The van der Waals surface area contributed by atoms with Gasteiger partial charge >= 0.3 is 0 Å². The zero-order chi connectivity index (χ0) is 19.3. The van der Waals surface area contributed by atoms with Crippen molar-refractivity contribution in [2.24, 2.45) is 0 Å². The highest BCUT2D eigenvalue weighted by Gasteiger charge is 2.30. The molecule has 2 rings (SSSR count). The summed E-state index contributed by atoms with van der Waals surface area (Å²) in [6.07, 6.45) is 1.24. The van der Waals surface area contributed by atoms with E-state index in [4.69, 9.17) is 9.47 Å². The molecule has 1 fully saturated rings. The number of nitrogens with one attached hydrogen (secondary N) is 1. The smallest absolute Gasteiger partial charge is 0.224 e. The van der Waals surface area contributed by atoms with Crippen molar-refractivity contribution in [1.82, 2.24) is 10.2 Å². The van der Waals surface area contributed by atoms with Crippen molar-refractivity contribution >= 4 is 17.6 Å². The van der Waals surface area contributed by atoms with Crippen LogP contribution >= 0.6 is 0 Å². The highest BCUT2D eigenvalue weighted by molar-refractivity contribution is 5.97. The van der Waals surface area contributed by atoms with E-state index in [1.165, 1.54) is 21.1 Å². The molecule has 1 N–H and O–H groups in total. The first kappa shape index (κ1) is 19.8. The van der Waals surface area contributed by atoms with Gasteiger partial charge in [0, 0.05) is 25.1 Å². The van der Waals surface area contributed by atoms with E-state index in [1.54, 1.807) is 17.0 Å². The first-order valence-electron chi connectivity index (χ1n) is 8.72. The molecule has 7 heteroatoms. The van der Waals surface area contributed by atoms with Crippen molar-refractivity contribution in [1.29, 1.82) is 0 Å². The van der Waals surface area contributed by atoms with E-state index in [0.717, 1.165) is 6.42 Å². The lowest BCUT2D eigenvalue weighted by Crippen LogP contribution is -2.38. The van der Waals surface area contributed by atoms with E-state index >= 15 is 0 Å². The first-order valence-corrected chi connectivity index (χ1v) is 8.72. The van der Waals surface area contributed by atoms with Crippen LogP contribution in [0.1, 0.15) is 42.6 Å². The molecule has 7 nitrogen and oxygen atoms in total. The summed E-state index contributed by atoms with van der Waals surface area (Å²) in [5.41, 5.74) is 0.996. The number of carbonyl (C=O) groups is 3. The van der Waals surface area contributed by atoms with E-state index in [-0.39, 0.29) is 30.1 Å². The number of ketones is 1. The fraction of sp³-hybridized carbons (Fsp3) is 0.526. The lowest BCUT2D eigenvalue weighted by atomic mass is 10.00. The molecular weight excluding hydrogens is 336 g/mol. The van der Waals surface area contributed by atoms with Crippen LogP contribution in [0.4, 0.5) is 0 Å². The summed E-state index contributed by atoms with van der Waals surface area (Å²) in [6, 6.07) is 3.05. The van der Waals surface area contributed by atoms with Gasteiger partial charge < -0.3 is 19.7 Å². The second kappa shape index (κ2) is 8.69. The average Bonchev–Trinajstić information content (AvgIpc) is 2.93. The molecule has 1 aliphatic heterocycles. The maximum absolute atomic E-state index is 12.4. The van der Waals surface area contributed by atoms with Gasteiger partial charge in [-0.25, -0.2) is 0 Å². The molecule has 1 saturated heterocycles. The minimum atomic E-state index is -0.226. The van der Waals surface area contributed by atoms with Gasteiger partial charge in [0.05, 0.1) is 26.7 Å². The SMILES string of the molecule is CCCN1C[C@H](NC(=O)Cc2cc(OC)c(OC)cc2C(C)=O)CC1=O. The number of hydrogen-bond acceptors (Lipinski definition) is 5. The highest BCUT2D eigenvalue weighted by atomic mass is 16.5. The number of carbonyl (C=O) groups excluding carboxylic acids is 3. The number of Topliss-reactive ketones (excluding diaryl/α,β-unsaturated/α-hetero) is 1. The lowest BCUT2D eigenvalue weighted by molar-refractivity contribution is -0.127. The highest BCUT2D eigenvalue weighted by Crippen LogP contribution is 2.31. The molecule has 0 radical (unpaired) electrons. The summed E-state index contributed by atoms with van der Waals surface area (Å²) in [5, 5.41) is 2.89. The zero-order valence-corrected chi connectivity index (χ0v) is 15.8. The van der Waals surface area contributed by atoms with Crippen molar-refractivity contribution in [3.8, 4) is 11.5 Å². The van der Waals surface area contributed by atoms with Crippen LogP contribution in [0.2, 0.25) is 0 Å². The van der Waals surface area contributed by atoms with E-state index in [1.807, 2.05) is 6.92 Å². The largest absolute Gasteiger partial charge is 0.493 e. The summed E-state index contributed by atoms with van der Waals surface area (Å²) in [4.78, 5) is 38.1. The van der Waals surface area contributed by atoms with Gasteiger partial charge in [-0.15, -0.1) is 0 Å². The predicted octanol–water partition coefficient (Wildman–Crippen LogP) is 1.58. The van der Waals surface area contributed by atoms with Crippen LogP contribution in [-0.4, -0.2) is 55.8 Å². The Morgan fingerprint density at radius 3 is 2.46 bits per heavy atom. The molecule has 0 aliphatic carbocycles. The molecule has 1 heterocycles. The second-order valence-corrected chi connectivity index (χ2v) is 6.41. The summed E-state index contributed by atoms with van der Waals surface area (Å²) >= 11 is 0. The normalized spacial score (nSPS) is 16.5. The fourth-order valence-electron chi connectivity index (χ4n) is 3.20. The van der Waals surface area contributed by atoms with Crippen LogP contribution in [0.5, 0.6) is 11.5 Å². The molecule has 0 unspecified atom stereocenters. The lowest BCUT2D eigenvalue weighted by Gasteiger charge is -2.17. The Labute approximate surface area is 153 Å². The monoisotopic (exact) mass is 362 g/mol. The summed E-state index contributed by atoms with van der Waals surface area (Å²) in [6.45, 7) is 4.69. The third-order valence-electron chi connectivity index (χ3n) is 4.41. The Kier molecular flexibility index (Phi) is 6.60. The third kappa shape index (κ3) is 4.53. The van der Waals surface area contributed by atoms with Gasteiger partial charge in [-0.05, 0) is 31.0 Å². The van der Waals surface area contributed by atoms with E-state index in [9.17, 15) is 14.4 Å². The number of ether oxygens (including phenoxy) is 2. The van der Waals surface area contributed by atoms with Gasteiger partial charge in [0.1, 0.15) is 0 Å². The van der Waals surface area contributed by atoms with Gasteiger partial charge in [-0.3, -0.25) is 14.4 Å². The summed E-state index contributed by atoms with van der Waals surface area (Å²) in [7, 11) is 2.99. The fourth-order valence-corrected chi connectivity index (χ4v) is 3.20. The summed E-state index contributed by atoms with van der Waals surface area (Å²) in [5.74, 6) is 0.589. The number of nitrogens with zero attached hydrogens (tertiary/aromatic N) is 1. The van der Waals surface area contributed by atoms with Crippen LogP contribution < -0.4 is 14.8 Å². The van der Waals surface area contributed by atoms with Crippen LogP contribution in [0.25, 0.3) is 0 Å². The molecule has 1 aliphatic rings. The number of amides is 2. The Balaban J connectivity index is 2.11. The van der Waals surface area contributed by atoms with Crippen LogP contribution in [0, 0.1) is 0 Å². The Morgan fingerprint density at radius 1 is 1.23 bits per heavy atom. The number of hydrogen-bond donors (Lipinski definition) is 1. The van der Waals surface area contributed by atoms with Gasteiger partial charge in [-0.1, -0.05) is 6.92 Å².